The molecule has 0 bridgehead atoms. The van der Waals surface area contributed by atoms with Crippen LogP contribution in [0.5, 0.6) is 23.0 Å². The molecule has 0 radical (unpaired) electrons. The minimum Gasteiger partial charge on any atom is -0.507 e. The molecular formula is C17H14O5S. The van der Waals surface area contributed by atoms with Crippen LogP contribution in [0.2, 0.25) is 0 Å². The predicted molar refractivity (Wildman–Crippen MR) is 87.5 cm³/mol. The predicted octanol–water partition coefficient (Wildman–Crippen LogP) is 3.44. The van der Waals surface area contributed by atoms with Gasteiger partial charge in [0.1, 0.15) is 17.4 Å². The van der Waals surface area contributed by atoms with Gasteiger partial charge in [-0.2, -0.15) is 0 Å². The van der Waals surface area contributed by atoms with Crippen molar-refractivity contribution in [1.29, 1.82) is 0 Å². The third kappa shape index (κ3) is 3.12. The number of benzene rings is 2. The molecule has 0 spiro atoms. The highest BCUT2D eigenvalue weighted by molar-refractivity contribution is 7.99. The molecule has 1 aliphatic rings. The molecule has 6 heteroatoms. The maximum absolute atomic E-state index is 12.3. The van der Waals surface area contributed by atoms with E-state index in [1.807, 2.05) is 0 Å². The molecule has 0 saturated heterocycles. The summed E-state index contributed by atoms with van der Waals surface area (Å²) in [5, 5.41) is 19.7. The van der Waals surface area contributed by atoms with Gasteiger partial charge in [0.05, 0.1) is 17.6 Å². The zero-order chi connectivity index (χ0) is 16.4. The summed E-state index contributed by atoms with van der Waals surface area (Å²) in [6.07, 6.45) is 2.90. The number of rotatable bonds is 4. The minimum atomic E-state index is -0.346. The zero-order valence-corrected chi connectivity index (χ0v) is 13.1. The Labute approximate surface area is 137 Å². The van der Waals surface area contributed by atoms with Crippen molar-refractivity contribution in [2.45, 2.75) is 4.90 Å². The van der Waals surface area contributed by atoms with Crippen LogP contribution in [0.15, 0.2) is 41.3 Å². The number of aromatic hydroxyl groups is 2. The first-order valence-electron chi connectivity index (χ1n) is 6.80. The summed E-state index contributed by atoms with van der Waals surface area (Å²) in [6, 6.07) is 7.89. The lowest BCUT2D eigenvalue weighted by Gasteiger charge is -2.05. The van der Waals surface area contributed by atoms with Gasteiger partial charge in [0.25, 0.3) is 0 Å². The smallest absolute Gasteiger partial charge is 0.189 e. The van der Waals surface area contributed by atoms with E-state index in [2.05, 4.69) is 0 Å². The molecule has 3 rings (SSSR count). The molecule has 0 amide bonds. The number of phenolic OH excluding ortho intramolecular Hbond substituents is 2. The molecule has 23 heavy (non-hydrogen) atoms. The van der Waals surface area contributed by atoms with Crippen molar-refractivity contribution in [3.8, 4) is 23.0 Å². The Morgan fingerprint density at radius 3 is 2.83 bits per heavy atom. The number of carbonyl (C=O) groups is 1. The van der Waals surface area contributed by atoms with Gasteiger partial charge in [-0.15, -0.1) is 0 Å². The van der Waals surface area contributed by atoms with Crippen LogP contribution in [0, 0.1) is 0 Å². The first kappa shape index (κ1) is 15.3. The van der Waals surface area contributed by atoms with E-state index in [1.165, 1.54) is 37.1 Å². The molecule has 1 heterocycles. The highest BCUT2D eigenvalue weighted by atomic mass is 32.2. The number of methoxy groups -OCH3 is 1. The molecule has 118 valence electrons. The molecule has 2 N–H and O–H groups in total. The summed E-state index contributed by atoms with van der Waals surface area (Å²) >= 11 is 1.47. The summed E-state index contributed by atoms with van der Waals surface area (Å²) in [6.45, 7) is 0. The molecule has 2 aromatic rings. The van der Waals surface area contributed by atoms with Crippen LogP contribution >= 0.6 is 11.8 Å². The average Bonchev–Trinajstić information content (AvgIpc) is 2.99. The van der Waals surface area contributed by atoms with Crippen molar-refractivity contribution in [3.05, 3.63) is 47.5 Å². The number of fused-ring (bicyclic) bond motifs is 1. The van der Waals surface area contributed by atoms with Gasteiger partial charge in [0.15, 0.2) is 17.3 Å². The second kappa shape index (κ2) is 6.26. The van der Waals surface area contributed by atoms with Crippen molar-refractivity contribution in [2.24, 2.45) is 0 Å². The number of hydrogen-bond acceptors (Lipinski definition) is 6. The van der Waals surface area contributed by atoms with Crippen LogP contribution in [0.25, 0.3) is 6.08 Å². The van der Waals surface area contributed by atoms with Gasteiger partial charge in [0, 0.05) is 0 Å². The maximum Gasteiger partial charge on any atom is 0.189 e. The summed E-state index contributed by atoms with van der Waals surface area (Å²) in [4.78, 5) is 13.1. The number of thioether (sulfide) groups is 1. The number of ketones is 1. The van der Waals surface area contributed by atoms with Crippen molar-refractivity contribution >= 4 is 23.6 Å². The van der Waals surface area contributed by atoms with E-state index >= 15 is 0 Å². The van der Waals surface area contributed by atoms with E-state index in [-0.39, 0.29) is 22.8 Å². The van der Waals surface area contributed by atoms with Gasteiger partial charge in [-0.3, -0.25) is 4.79 Å². The molecule has 2 aromatic carbocycles. The molecule has 1 aliphatic heterocycles. The van der Waals surface area contributed by atoms with Crippen LogP contribution in [0.4, 0.5) is 0 Å². The van der Waals surface area contributed by atoms with Crippen LogP contribution in [0.1, 0.15) is 15.9 Å². The monoisotopic (exact) mass is 330 g/mol. The SMILES string of the molecule is COc1ccc(C=CC(=O)c2cc3c(cc2O)SCO3)cc1O. The van der Waals surface area contributed by atoms with Gasteiger partial charge >= 0.3 is 0 Å². The fourth-order valence-electron chi connectivity index (χ4n) is 2.20. The van der Waals surface area contributed by atoms with E-state index in [4.69, 9.17) is 9.47 Å². The number of ether oxygens (including phenoxy) is 2. The Hall–Kier alpha value is -2.60. The molecule has 5 nitrogen and oxygen atoms in total. The molecular weight excluding hydrogens is 316 g/mol. The Bertz CT molecular complexity index is 798. The van der Waals surface area contributed by atoms with Crippen LogP contribution in [-0.2, 0) is 0 Å². The van der Waals surface area contributed by atoms with Crippen LogP contribution in [-0.4, -0.2) is 29.0 Å². The summed E-state index contributed by atoms with van der Waals surface area (Å²) in [7, 11) is 1.46. The molecule has 0 saturated carbocycles. The van der Waals surface area contributed by atoms with E-state index < -0.39 is 0 Å². The summed E-state index contributed by atoms with van der Waals surface area (Å²) < 4.78 is 10.3. The van der Waals surface area contributed by atoms with Gasteiger partial charge in [0.2, 0.25) is 0 Å². The number of carbonyl (C=O) groups excluding carboxylic acids is 1. The quantitative estimate of drug-likeness (QED) is 0.660. The Balaban J connectivity index is 1.83. The fraction of sp³-hybridized carbons (Fsp3) is 0.118. The maximum atomic E-state index is 12.3. The third-order valence-electron chi connectivity index (χ3n) is 3.39. The molecule has 0 fully saturated rings. The van der Waals surface area contributed by atoms with E-state index in [0.29, 0.717) is 23.0 Å². The Morgan fingerprint density at radius 2 is 2.09 bits per heavy atom. The number of hydrogen-bond donors (Lipinski definition) is 2. The Morgan fingerprint density at radius 1 is 1.26 bits per heavy atom. The lowest BCUT2D eigenvalue weighted by molar-refractivity contribution is 0.104. The van der Waals surface area contributed by atoms with E-state index in [0.717, 1.165) is 4.90 Å². The zero-order valence-electron chi connectivity index (χ0n) is 12.3. The van der Waals surface area contributed by atoms with Gasteiger partial charge in [-0.05, 0) is 35.9 Å². The van der Waals surface area contributed by atoms with Crippen molar-refractivity contribution in [3.63, 3.8) is 0 Å². The second-order valence-electron chi connectivity index (χ2n) is 4.85. The van der Waals surface area contributed by atoms with Crippen LogP contribution in [0.3, 0.4) is 0 Å². The first-order valence-corrected chi connectivity index (χ1v) is 7.79. The van der Waals surface area contributed by atoms with Gasteiger partial charge in [-0.1, -0.05) is 23.9 Å². The number of phenols is 2. The molecule has 0 unspecified atom stereocenters. The van der Waals surface area contributed by atoms with E-state index in [9.17, 15) is 15.0 Å². The van der Waals surface area contributed by atoms with Crippen molar-refractivity contribution < 1.29 is 24.5 Å². The Kier molecular flexibility index (Phi) is 4.16. The summed E-state index contributed by atoms with van der Waals surface area (Å²) in [5.41, 5.74) is 0.823. The standard InChI is InChI=1S/C17H14O5S/c1-21-15-5-3-10(6-14(15)20)2-4-12(18)11-7-16-17(8-13(11)19)23-9-22-16/h2-8,19-20H,9H2,1H3. The van der Waals surface area contributed by atoms with Crippen molar-refractivity contribution in [2.75, 3.05) is 13.0 Å². The topological polar surface area (TPSA) is 76.0 Å². The normalized spacial score (nSPS) is 12.9. The lowest BCUT2D eigenvalue weighted by Crippen LogP contribution is -1.96. The molecule has 0 atom stereocenters. The minimum absolute atomic E-state index is 0.00657. The largest absolute Gasteiger partial charge is 0.507 e. The highest BCUT2D eigenvalue weighted by Gasteiger charge is 2.19. The molecule has 0 aliphatic carbocycles. The van der Waals surface area contributed by atoms with Crippen molar-refractivity contribution in [1.82, 2.24) is 0 Å². The second-order valence-corrected chi connectivity index (χ2v) is 5.82. The third-order valence-corrected chi connectivity index (χ3v) is 4.25. The van der Waals surface area contributed by atoms with Crippen LogP contribution < -0.4 is 9.47 Å². The number of allylic oxidation sites excluding steroid dienone is 1. The molecule has 0 aromatic heterocycles. The average molecular weight is 330 g/mol. The van der Waals surface area contributed by atoms with E-state index in [1.54, 1.807) is 24.3 Å². The van der Waals surface area contributed by atoms with Gasteiger partial charge in [-0.25, -0.2) is 0 Å². The van der Waals surface area contributed by atoms with Gasteiger partial charge < -0.3 is 19.7 Å². The fourth-order valence-corrected chi connectivity index (χ4v) is 2.97. The highest BCUT2D eigenvalue weighted by Crippen LogP contribution is 2.40. The first-order chi connectivity index (χ1) is 11.1. The lowest BCUT2D eigenvalue weighted by atomic mass is 10.1. The summed E-state index contributed by atoms with van der Waals surface area (Å²) in [5.74, 6) is 1.02.